The minimum absolute atomic E-state index is 0.114. The number of nitrogens with zero attached hydrogens (tertiary/aromatic N) is 3. The van der Waals surface area contributed by atoms with Crippen LogP contribution in [0.25, 0.3) is 0 Å². The molecule has 2 N–H and O–H groups in total. The van der Waals surface area contributed by atoms with Crippen LogP contribution in [0, 0.1) is 0 Å². The summed E-state index contributed by atoms with van der Waals surface area (Å²) in [6.45, 7) is 3.28. The Labute approximate surface area is 118 Å². The summed E-state index contributed by atoms with van der Waals surface area (Å²) >= 11 is 0. The molecule has 1 aliphatic rings. The monoisotopic (exact) mass is 272 g/mol. The SMILES string of the molecule is OCc1ccc(CN2CCC(c3ncn[nH]3)CC2)cc1. The van der Waals surface area contributed by atoms with Crippen molar-refractivity contribution < 1.29 is 5.11 Å². The number of likely N-dealkylation sites (tertiary alicyclic amines) is 1. The highest BCUT2D eigenvalue weighted by Gasteiger charge is 2.22. The minimum atomic E-state index is 0.114. The number of hydrogen-bond donors (Lipinski definition) is 2. The van der Waals surface area contributed by atoms with E-state index in [0.29, 0.717) is 5.92 Å². The van der Waals surface area contributed by atoms with Crippen LogP contribution in [0.5, 0.6) is 0 Å². The molecule has 2 aromatic rings. The van der Waals surface area contributed by atoms with E-state index in [0.717, 1.165) is 43.9 Å². The first-order valence-electron chi connectivity index (χ1n) is 7.11. The number of nitrogens with one attached hydrogen (secondary N) is 1. The van der Waals surface area contributed by atoms with Crippen LogP contribution in [0.3, 0.4) is 0 Å². The predicted molar refractivity (Wildman–Crippen MR) is 76.0 cm³/mol. The number of benzene rings is 1. The van der Waals surface area contributed by atoms with E-state index in [4.69, 9.17) is 5.11 Å². The lowest BCUT2D eigenvalue weighted by molar-refractivity contribution is 0.202. The van der Waals surface area contributed by atoms with Crippen molar-refractivity contribution in [2.45, 2.75) is 31.9 Å². The van der Waals surface area contributed by atoms with Gasteiger partial charge in [0.25, 0.3) is 0 Å². The third-order valence-electron chi connectivity index (χ3n) is 4.02. The highest BCUT2D eigenvalue weighted by molar-refractivity contribution is 5.22. The number of aliphatic hydroxyl groups excluding tert-OH is 1. The van der Waals surface area contributed by atoms with E-state index in [2.05, 4.69) is 32.2 Å². The maximum Gasteiger partial charge on any atom is 0.137 e. The second kappa shape index (κ2) is 6.15. The standard InChI is InChI=1S/C15H20N4O/c20-10-13-3-1-12(2-4-13)9-19-7-5-14(6-8-19)15-16-11-17-18-15/h1-4,11,14,20H,5-10H2,(H,16,17,18). The summed E-state index contributed by atoms with van der Waals surface area (Å²) < 4.78 is 0. The normalized spacial score (nSPS) is 17.4. The van der Waals surface area contributed by atoms with E-state index >= 15 is 0 Å². The average Bonchev–Trinajstić information content (AvgIpc) is 3.03. The molecule has 0 atom stereocenters. The van der Waals surface area contributed by atoms with Crippen molar-refractivity contribution >= 4 is 0 Å². The summed E-state index contributed by atoms with van der Waals surface area (Å²) in [6, 6.07) is 8.20. The molecule has 0 amide bonds. The molecular formula is C15H20N4O. The molecule has 106 valence electrons. The van der Waals surface area contributed by atoms with Crippen molar-refractivity contribution in [2.75, 3.05) is 13.1 Å². The second-order valence-electron chi connectivity index (χ2n) is 5.40. The Hall–Kier alpha value is -1.72. The zero-order chi connectivity index (χ0) is 13.8. The quantitative estimate of drug-likeness (QED) is 0.888. The number of hydrogen-bond acceptors (Lipinski definition) is 4. The number of aliphatic hydroxyl groups is 1. The van der Waals surface area contributed by atoms with Crippen LogP contribution >= 0.6 is 0 Å². The van der Waals surface area contributed by atoms with Crippen molar-refractivity contribution in [1.82, 2.24) is 20.1 Å². The van der Waals surface area contributed by atoms with Gasteiger partial charge in [-0.3, -0.25) is 10.00 Å². The molecule has 1 aliphatic heterocycles. The van der Waals surface area contributed by atoms with Crippen LogP contribution in [-0.4, -0.2) is 38.3 Å². The first-order chi connectivity index (χ1) is 9.85. The van der Waals surface area contributed by atoms with E-state index in [1.54, 1.807) is 6.33 Å². The van der Waals surface area contributed by atoms with Crippen LogP contribution in [0.2, 0.25) is 0 Å². The Morgan fingerprint density at radius 3 is 2.45 bits per heavy atom. The zero-order valence-corrected chi connectivity index (χ0v) is 11.5. The first-order valence-corrected chi connectivity index (χ1v) is 7.11. The summed E-state index contributed by atoms with van der Waals surface area (Å²) in [7, 11) is 0. The minimum Gasteiger partial charge on any atom is -0.392 e. The molecule has 1 saturated heterocycles. The fourth-order valence-electron chi connectivity index (χ4n) is 2.78. The van der Waals surface area contributed by atoms with E-state index < -0.39 is 0 Å². The molecule has 1 aromatic heterocycles. The van der Waals surface area contributed by atoms with Gasteiger partial charge >= 0.3 is 0 Å². The maximum absolute atomic E-state index is 9.05. The zero-order valence-electron chi connectivity index (χ0n) is 11.5. The van der Waals surface area contributed by atoms with E-state index in [-0.39, 0.29) is 6.61 Å². The van der Waals surface area contributed by atoms with E-state index in [1.165, 1.54) is 5.56 Å². The van der Waals surface area contributed by atoms with Gasteiger partial charge in [-0.15, -0.1) is 0 Å². The molecule has 1 fully saturated rings. The number of H-pyrrole nitrogens is 1. The lowest BCUT2D eigenvalue weighted by atomic mass is 9.96. The Bertz CT molecular complexity index is 515. The summed E-state index contributed by atoms with van der Waals surface area (Å²) in [6.07, 6.45) is 3.85. The first kappa shape index (κ1) is 13.3. The highest BCUT2D eigenvalue weighted by atomic mass is 16.3. The van der Waals surface area contributed by atoms with Gasteiger partial charge in [0.2, 0.25) is 0 Å². The molecule has 0 bridgehead atoms. The van der Waals surface area contributed by atoms with Gasteiger partial charge in [-0.2, -0.15) is 5.10 Å². The maximum atomic E-state index is 9.05. The van der Waals surface area contributed by atoms with Crippen LogP contribution in [0.15, 0.2) is 30.6 Å². The summed E-state index contributed by atoms with van der Waals surface area (Å²) in [5.74, 6) is 1.54. The van der Waals surface area contributed by atoms with Crippen LogP contribution in [-0.2, 0) is 13.2 Å². The van der Waals surface area contributed by atoms with Crippen LogP contribution in [0.1, 0.15) is 35.7 Å². The molecule has 2 heterocycles. The molecule has 0 saturated carbocycles. The van der Waals surface area contributed by atoms with Gasteiger partial charge in [-0.1, -0.05) is 24.3 Å². The number of aromatic amines is 1. The molecule has 0 unspecified atom stereocenters. The van der Waals surface area contributed by atoms with Crippen molar-refractivity contribution in [3.8, 4) is 0 Å². The van der Waals surface area contributed by atoms with Gasteiger partial charge in [0.05, 0.1) is 6.61 Å². The summed E-state index contributed by atoms with van der Waals surface area (Å²) in [5.41, 5.74) is 2.28. The fraction of sp³-hybridized carbons (Fsp3) is 0.467. The summed E-state index contributed by atoms with van der Waals surface area (Å²) in [5, 5.41) is 16.0. The fourth-order valence-corrected chi connectivity index (χ4v) is 2.78. The molecular weight excluding hydrogens is 252 g/mol. The predicted octanol–water partition coefficient (Wildman–Crippen LogP) is 1.68. The highest BCUT2D eigenvalue weighted by Crippen LogP contribution is 2.25. The van der Waals surface area contributed by atoms with Gasteiger partial charge in [-0.05, 0) is 37.1 Å². The third-order valence-corrected chi connectivity index (χ3v) is 4.02. The van der Waals surface area contributed by atoms with Gasteiger partial charge in [0.1, 0.15) is 12.2 Å². The number of aromatic nitrogens is 3. The van der Waals surface area contributed by atoms with Gasteiger partial charge in [0.15, 0.2) is 0 Å². The van der Waals surface area contributed by atoms with Crippen LogP contribution < -0.4 is 0 Å². The Balaban J connectivity index is 1.53. The number of piperidine rings is 1. The van der Waals surface area contributed by atoms with Crippen molar-refractivity contribution in [3.05, 3.63) is 47.5 Å². The van der Waals surface area contributed by atoms with Gasteiger partial charge in [0, 0.05) is 12.5 Å². The Morgan fingerprint density at radius 1 is 1.15 bits per heavy atom. The van der Waals surface area contributed by atoms with Crippen LogP contribution in [0.4, 0.5) is 0 Å². The van der Waals surface area contributed by atoms with Gasteiger partial charge in [-0.25, -0.2) is 4.98 Å². The topological polar surface area (TPSA) is 65.0 Å². The third kappa shape index (κ3) is 3.05. The van der Waals surface area contributed by atoms with Crippen molar-refractivity contribution in [3.63, 3.8) is 0 Å². The smallest absolute Gasteiger partial charge is 0.137 e. The lowest BCUT2D eigenvalue weighted by Crippen LogP contribution is -2.32. The molecule has 0 aliphatic carbocycles. The molecule has 3 rings (SSSR count). The molecule has 0 radical (unpaired) electrons. The van der Waals surface area contributed by atoms with Crippen molar-refractivity contribution in [1.29, 1.82) is 0 Å². The Kier molecular flexibility index (Phi) is 4.08. The van der Waals surface area contributed by atoms with Crippen molar-refractivity contribution in [2.24, 2.45) is 0 Å². The summed E-state index contributed by atoms with van der Waals surface area (Å²) in [4.78, 5) is 6.73. The largest absolute Gasteiger partial charge is 0.392 e. The second-order valence-corrected chi connectivity index (χ2v) is 5.40. The Morgan fingerprint density at radius 2 is 1.85 bits per heavy atom. The molecule has 1 aromatic carbocycles. The molecule has 20 heavy (non-hydrogen) atoms. The average molecular weight is 272 g/mol. The van der Waals surface area contributed by atoms with Gasteiger partial charge < -0.3 is 5.11 Å². The molecule has 5 heteroatoms. The van der Waals surface area contributed by atoms with E-state index in [1.807, 2.05) is 12.1 Å². The molecule has 0 spiro atoms. The lowest BCUT2D eigenvalue weighted by Gasteiger charge is -2.30. The molecule has 5 nitrogen and oxygen atoms in total. The van der Waals surface area contributed by atoms with E-state index in [9.17, 15) is 0 Å². The number of rotatable bonds is 4.